The Labute approximate surface area is 188 Å². The van der Waals surface area contributed by atoms with Crippen molar-refractivity contribution in [3.63, 3.8) is 0 Å². The van der Waals surface area contributed by atoms with Gasteiger partial charge in [0.05, 0.1) is 6.04 Å². The van der Waals surface area contributed by atoms with Crippen LogP contribution in [0.15, 0.2) is 60.8 Å². The predicted octanol–water partition coefficient (Wildman–Crippen LogP) is 2.25. The maximum Gasteiger partial charge on any atom is 0.243 e. The monoisotopic (exact) mass is 431 g/mol. The summed E-state index contributed by atoms with van der Waals surface area (Å²) in [6.07, 6.45) is 3.78. The van der Waals surface area contributed by atoms with E-state index in [0.29, 0.717) is 31.7 Å². The molecule has 0 bridgehead atoms. The average Bonchev–Trinajstić information content (AvgIpc) is 3.31. The SMILES string of the molecule is CN[C@H](Cc1ccccc1)C(=O)N1CCC[C@H]1C(=O)NCc1ccc2c(N)nccc2c1. The topological polar surface area (TPSA) is 100 Å². The Bertz CT molecular complexity index is 1100. The van der Waals surface area contributed by atoms with Crippen LogP contribution >= 0.6 is 0 Å². The van der Waals surface area contributed by atoms with Crippen LogP contribution in [-0.4, -0.2) is 47.4 Å². The first kappa shape index (κ1) is 21.8. The van der Waals surface area contributed by atoms with Crippen LogP contribution < -0.4 is 16.4 Å². The Morgan fingerprint density at radius 2 is 1.97 bits per heavy atom. The van der Waals surface area contributed by atoms with Crippen molar-refractivity contribution in [2.24, 2.45) is 0 Å². The van der Waals surface area contributed by atoms with Gasteiger partial charge in [-0.2, -0.15) is 0 Å². The maximum atomic E-state index is 13.2. The highest BCUT2D eigenvalue weighted by atomic mass is 16.2. The van der Waals surface area contributed by atoms with E-state index in [9.17, 15) is 9.59 Å². The molecule has 32 heavy (non-hydrogen) atoms. The third kappa shape index (κ3) is 4.73. The molecule has 3 aromatic rings. The molecule has 2 heterocycles. The predicted molar refractivity (Wildman–Crippen MR) is 126 cm³/mol. The number of nitrogen functional groups attached to an aromatic ring is 1. The van der Waals surface area contributed by atoms with Gasteiger partial charge in [0, 0.05) is 24.7 Å². The van der Waals surface area contributed by atoms with Gasteiger partial charge in [0.2, 0.25) is 11.8 Å². The number of hydrogen-bond acceptors (Lipinski definition) is 5. The number of rotatable bonds is 7. The van der Waals surface area contributed by atoms with Crippen molar-refractivity contribution < 1.29 is 9.59 Å². The molecule has 4 N–H and O–H groups in total. The van der Waals surface area contributed by atoms with Gasteiger partial charge in [0.15, 0.2) is 0 Å². The van der Waals surface area contributed by atoms with Gasteiger partial charge in [-0.1, -0.05) is 42.5 Å². The largest absolute Gasteiger partial charge is 0.383 e. The number of anilines is 1. The first-order chi connectivity index (χ1) is 15.6. The fraction of sp³-hybridized carbons (Fsp3) is 0.320. The standard InChI is InChI=1S/C25H29N5O2/c1-27-21(15-17-6-3-2-4-7-17)25(32)30-13-5-8-22(30)24(31)29-16-18-9-10-20-19(14-18)11-12-28-23(20)26/h2-4,6-7,9-12,14,21-22,27H,5,8,13,15-16H2,1H3,(H2,26,28)(H,29,31)/t21-,22+/m1/s1. The Morgan fingerprint density at radius 1 is 1.16 bits per heavy atom. The molecular weight excluding hydrogens is 402 g/mol. The van der Waals surface area contributed by atoms with E-state index in [0.717, 1.165) is 28.3 Å². The van der Waals surface area contributed by atoms with Crippen molar-refractivity contribution in [2.75, 3.05) is 19.3 Å². The summed E-state index contributed by atoms with van der Waals surface area (Å²) in [5.74, 6) is 0.357. The zero-order chi connectivity index (χ0) is 22.5. The van der Waals surface area contributed by atoms with Crippen LogP contribution in [0.5, 0.6) is 0 Å². The van der Waals surface area contributed by atoms with Crippen LogP contribution in [0.3, 0.4) is 0 Å². The smallest absolute Gasteiger partial charge is 0.243 e. The summed E-state index contributed by atoms with van der Waals surface area (Å²) in [4.78, 5) is 32.0. The molecular formula is C25H29N5O2. The molecule has 1 aliphatic rings. The summed E-state index contributed by atoms with van der Waals surface area (Å²) in [5.41, 5.74) is 7.98. The third-order valence-corrected chi connectivity index (χ3v) is 6.09. The number of pyridine rings is 1. The number of likely N-dealkylation sites (tertiary alicyclic amines) is 1. The number of hydrogen-bond donors (Lipinski definition) is 3. The van der Waals surface area contributed by atoms with E-state index in [1.165, 1.54) is 0 Å². The number of benzene rings is 2. The molecule has 0 saturated carbocycles. The molecule has 0 spiro atoms. The van der Waals surface area contributed by atoms with E-state index in [1.807, 2.05) is 54.6 Å². The number of carbonyl (C=O) groups excluding carboxylic acids is 2. The van der Waals surface area contributed by atoms with E-state index >= 15 is 0 Å². The summed E-state index contributed by atoms with van der Waals surface area (Å²) in [7, 11) is 1.79. The molecule has 1 aliphatic heterocycles. The fourth-order valence-corrected chi connectivity index (χ4v) is 4.33. The van der Waals surface area contributed by atoms with E-state index in [4.69, 9.17) is 5.73 Å². The van der Waals surface area contributed by atoms with Crippen molar-refractivity contribution in [1.82, 2.24) is 20.5 Å². The lowest BCUT2D eigenvalue weighted by Gasteiger charge is -2.28. The lowest BCUT2D eigenvalue weighted by atomic mass is 10.0. The fourth-order valence-electron chi connectivity index (χ4n) is 4.33. The molecule has 2 aromatic carbocycles. The normalized spacial score (nSPS) is 16.8. The van der Waals surface area contributed by atoms with Crippen molar-refractivity contribution in [3.05, 3.63) is 71.9 Å². The Balaban J connectivity index is 1.40. The summed E-state index contributed by atoms with van der Waals surface area (Å²) >= 11 is 0. The first-order valence-electron chi connectivity index (χ1n) is 11.0. The average molecular weight is 432 g/mol. The minimum Gasteiger partial charge on any atom is -0.383 e. The quantitative estimate of drug-likeness (QED) is 0.533. The minimum absolute atomic E-state index is 0.0253. The van der Waals surface area contributed by atoms with Crippen LogP contribution in [0.25, 0.3) is 10.8 Å². The molecule has 4 rings (SSSR count). The Morgan fingerprint density at radius 3 is 2.75 bits per heavy atom. The molecule has 166 valence electrons. The number of nitrogens with two attached hydrogens (primary N) is 1. The summed E-state index contributed by atoms with van der Waals surface area (Å²) in [5, 5.41) is 8.02. The van der Waals surface area contributed by atoms with Crippen molar-refractivity contribution in [2.45, 2.75) is 37.9 Å². The second kappa shape index (κ2) is 9.78. The molecule has 0 aliphatic carbocycles. The number of carbonyl (C=O) groups is 2. The highest BCUT2D eigenvalue weighted by molar-refractivity contribution is 5.92. The van der Waals surface area contributed by atoms with Crippen molar-refractivity contribution in [1.29, 1.82) is 0 Å². The molecule has 1 fully saturated rings. The molecule has 7 nitrogen and oxygen atoms in total. The first-order valence-corrected chi connectivity index (χ1v) is 11.0. The summed E-state index contributed by atoms with van der Waals surface area (Å²) in [6, 6.07) is 16.9. The van der Waals surface area contributed by atoms with E-state index in [-0.39, 0.29) is 17.9 Å². The highest BCUT2D eigenvalue weighted by Gasteiger charge is 2.36. The van der Waals surface area contributed by atoms with Crippen molar-refractivity contribution in [3.8, 4) is 0 Å². The van der Waals surface area contributed by atoms with Gasteiger partial charge < -0.3 is 21.3 Å². The molecule has 7 heteroatoms. The Kier molecular flexibility index (Phi) is 6.66. The van der Waals surface area contributed by atoms with E-state index < -0.39 is 6.04 Å². The van der Waals surface area contributed by atoms with Crippen LogP contribution in [0.2, 0.25) is 0 Å². The second-order valence-corrected chi connectivity index (χ2v) is 8.19. The number of likely N-dealkylation sites (N-methyl/N-ethyl adjacent to an activating group) is 1. The van der Waals surface area contributed by atoms with E-state index in [2.05, 4.69) is 15.6 Å². The van der Waals surface area contributed by atoms with Gasteiger partial charge in [-0.15, -0.1) is 0 Å². The minimum atomic E-state index is -0.436. The van der Waals surface area contributed by atoms with Gasteiger partial charge in [-0.05, 0) is 55.0 Å². The number of fused-ring (bicyclic) bond motifs is 1. The molecule has 1 aromatic heterocycles. The van der Waals surface area contributed by atoms with Crippen molar-refractivity contribution >= 4 is 28.4 Å². The molecule has 0 unspecified atom stereocenters. The lowest BCUT2D eigenvalue weighted by Crippen LogP contribution is -2.52. The van der Waals surface area contributed by atoms with Gasteiger partial charge >= 0.3 is 0 Å². The van der Waals surface area contributed by atoms with E-state index in [1.54, 1.807) is 18.1 Å². The number of amides is 2. The number of aromatic nitrogens is 1. The van der Waals surface area contributed by atoms with Gasteiger partial charge in [0.25, 0.3) is 0 Å². The van der Waals surface area contributed by atoms with Gasteiger partial charge in [-0.25, -0.2) is 4.98 Å². The highest BCUT2D eigenvalue weighted by Crippen LogP contribution is 2.22. The van der Waals surface area contributed by atoms with Crippen LogP contribution in [0.1, 0.15) is 24.0 Å². The second-order valence-electron chi connectivity index (χ2n) is 8.19. The molecule has 2 amide bonds. The number of nitrogens with zero attached hydrogens (tertiary/aromatic N) is 2. The Hall–Kier alpha value is -3.45. The summed E-state index contributed by atoms with van der Waals surface area (Å²) in [6.45, 7) is 1.00. The van der Waals surface area contributed by atoms with Crippen LogP contribution in [0.4, 0.5) is 5.82 Å². The zero-order valence-corrected chi connectivity index (χ0v) is 18.3. The zero-order valence-electron chi connectivity index (χ0n) is 18.3. The molecule has 2 atom stereocenters. The van der Waals surface area contributed by atoms with Crippen LogP contribution in [0, 0.1) is 0 Å². The molecule has 0 radical (unpaired) electrons. The van der Waals surface area contributed by atoms with Gasteiger partial charge in [-0.3, -0.25) is 9.59 Å². The third-order valence-electron chi connectivity index (χ3n) is 6.09. The summed E-state index contributed by atoms with van der Waals surface area (Å²) < 4.78 is 0. The lowest BCUT2D eigenvalue weighted by molar-refractivity contribution is -0.140. The molecule has 1 saturated heterocycles. The maximum absolute atomic E-state index is 13.2. The number of nitrogens with one attached hydrogen (secondary N) is 2. The van der Waals surface area contributed by atoms with Gasteiger partial charge in [0.1, 0.15) is 11.9 Å². The van der Waals surface area contributed by atoms with Crippen LogP contribution in [-0.2, 0) is 22.6 Å².